The van der Waals surface area contributed by atoms with Gasteiger partial charge < -0.3 is 4.74 Å². The van der Waals surface area contributed by atoms with Gasteiger partial charge in [0.1, 0.15) is 0 Å². The van der Waals surface area contributed by atoms with Crippen molar-refractivity contribution in [2.24, 2.45) is 12.9 Å². The Hall–Kier alpha value is -0.950. The topological polar surface area (TPSA) is 68.3 Å². The fraction of sp³-hybridized carbons (Fsp3) is 0.769. The van der Waals surface area contributed by atoms with E-state index in [0.717, 1.165) is 32.7 Å². The van der Waals surface area contributed by atoms with Crippen molar-refractivity contribution in [3.8, 4) is 0 Å². The highest BCUT2D eigenvalue weighted by atomic mass is 16.5. The number of rotatable bonds is 6. The Balaban J connectivity index is 1.92. The molecular formula is C13H25N5O. The van der Waals surface area contributed by atoms with E-state index in [1.807, 2.05) is 24.1 Å². The third kappa shape index (κ3) is 4.01. The predicted octanol–water partition coefficient (Wildman–Crippen LogP) is -0.0947. The number of nitrogens with one attached hydrogen (secondary N) is 1. The maximum atomic E-state index is 5.88. The molecule has 1 saturated heterocycles. The summed E-state index contributed by atoms with van der Waals surface area (Å²) in [6.07, 6.45) is 6.07. The Morgan fingerprint density at radius 1 is 1.63 bits per heavy atom. The highest BCUT2D eigenvalue weighted by Crippen LogP contribution is 2.13. The van der Waals surface area contributed by atoms with Gasteiger partial charge in [0.25, 0.3) is 0 Å². The van der Waals surface area contributed by atoms with Crippen LogP contribution >= 0.6 is 0 Å². The Bertz CT molecular complexity index is 379. The minimum absolute atomic E-state index is 0.129. The number of hydrogen-bond donors (Lipinski definition) is 2. The first-order valence-corrected chi connectivity index (χ1v) is 7.00. The van der Waals surface area contributed by atoms with Gasteiger partial charge in [-0.3, -0.25) is 20.9 Å². The molecule has 6 heteroatoms. The summed E-state index contributed by atoms with van der Waals surface area (Å²) in [5.41, 5.74) is 4.09. The molecule has 1 fully saturated rings. The molecule has 0 radical (unpaired) electrons. The standard InChI is InChI=1S/C13H25N5O/c1-3-4-18-5-6-19-13(10-18)12(16-14)7-11-8-15-17(2)9-11/h8-9,12-13,16H,3-7,10,14H2,1-2H3. The van der Waals surface area contributed by atoms with E-state index in [2.05, 4.69) is 22.3 Å². The zero-order chi connectivity index (χ0) is 13.7. The molecule has 0 aliphatic carbocycles. The second kappa shape index (κ2) is 7.00. The summed E-state index contributed by atoms with van der Waals surface area (Å²) < 4.78 is 7.69. The van der Waals surface area contributed by atoms with Crippen LogP contribution in [0, 0.1) is 0 Å². The lowest BCUT2D eigenvalue weighted by molar-refractivity contribution is -0.0462. The van der Waals surface area contributed by atoms with Crippen LogP contribution in [0.4, 0.5) is 0 Å². The first-order valence-electron chi connectivity index (χ1n) is 7.00. The summed E-state index contributed by atoms with van der Waals surface area (Å²) in [4.78, 5) is 2.45. The van der Waals surface area contributed by atoms with Crippen LogP contribution in [0.1, 0.15) is 18.9 Å². The monoisotopic (exact) mass is 267 g/mol. The van der Waals surface area contributed by atoms with E-state index < -0.39 is 0 Å². The molecule has 19 heavy (non-hydrogen) atoms. The molecule has 1 aromatic heterocycles. The number of aryl methyl sites for hydroxylation is 1. The van der Waals surface area contributed by atoms with Crippen molar-refractivity contribution in [3.63, 3.8) is 0 Å². The summed E-state index contributed by atoms with van der Waals surface area (Å²) >= 11 is 0. The van der Waals surface area contributed by atoms with Crippen LogP contribution in [-0.2, 0) is 18.2 Å². The smallest absolute Gasteiger partial charge is 0.0871 e. The van der Waals surface area contributed by atoms with E-state index in [1.165, 1.54) is 12.0 Å². The van der Waals surface area contributed by atoms with E-state index >= 15 is 0 Å². The van der Waals surface area contributed by atoms with Crippen molar-refractivity contribution in [1.82, 2.24) is 20.1 Å². The highest BCUT2D eigenvalue weighted by molar-refractivity contribution is 5.07. The van der Waals surface area contributed by atoms with Crippen molar-refractivity contribution in [2.45, 2.75) is 31.9 Å². The van der Waals surface area contributed by atoms with Gasteiger partial charge >= 0.3 is 0 Å². The molecular weight excluding hydrogens is 242 g/mol. The van der Waals surface area contributed by atoms with Crippen LogP contribution in [0.5, 0.6) is 0 Å². The van der Waals surface area contributed by atoms with Gasteiger partial charge in [0.2, 0.25) is 0 Å². The van der Waals surface area contributed by atoms with Gasteiger partial charge in [-0.2, -0.15) is 5.10 Å². The molecule has 108 valence electrons. The molecule has 2 rings (SSSR count). The SMILES string of the molecule is CCCN1CCOC(C(Cc2cnn(C)c2)NN)C1. The second-order valence-corrected chi connectivity index (χ2v) is 5.21. The molecule has 2 unspecified atom stereocenters. The lowest BCUT2D eigenvalue weighted by Gasteiger charge is -2.36. The third-order valence-corrected chi connectivity index (χ3v) is 3.59. The van der Waals surface area contributed by atoms with Crippen LogP contribution < -0.4 is 11.3 Å². The first-order chi connectivity index (χ1) is 9.22. The molecule has 0 spiro atoms. The summed E-state index contributed by atoms with van der Waals surface area (Å²) in [6.45, 7) is 6.09. The number of nitrogens with two attached hydrogens (primary N) is 1. The van der Waals surface area contributed by atoms with Crippen molar-refractivity contribution < 1.29 is 4.74 Å². The average Bonchev–Trinajstić information content (AvgIpc) is 2.82. The molecule has 0 amide bonds. The van der Waals surface area contributed by atoms with Crippen LogP contribution in [0.3, 0.4) is 0 Å². The van der Waals surface area contributed by atoms with E-state index in [-0.39, 0.29) is 12.1 Å². The molecule has 1 aliphatic rings. The van der Waals surface area contributed by atoms with E-state index in [9.17, 15) is 0 Å². The molecule has 2 heterocycles. The zero-order valence-electron chi connectivity index (χ0n) is 11.9. The molecule has 1 aliphatic heterocycles. The Morgan fingerprint density at radius 3 is 3.11 bits per heavy atom. The maximum Gasteiger partial charge on any atom is 0.0871 e. The van der Waals surface area contributed by atoms with Gasteiger partial charge in [-0.1, -0.05) is 6.92 Å². The van der Waals surface area contributed by atoms with Gasteiger partial charge in [-0.15, -0.1) is 0 Å². The summed E-state index contributed by atoms with van der Waals surface area (Å²) in [5, 5.41) is 4.19. The molecule has 0 bridgehead atoms. The number of hydrogen-bond acceptors (Lipinski definition) is 5. The largest absolute Gasteiger partial charge is 0.374 e. The number of ether oxygens (including phenoxy) is 1. The van der Waals surface area contributed by atoms with Gasteiger partial charge in [0.15, 0.2) is 0 Å². The van der Waals surface area contributed by atoms with Crippen LogP contribution in [0.25, 0.3) is 0 Å². The maximum absolute atomic E-state index is 5.88. The quantitative estimate of drug-likeness (QED) is 0.557. The average molecular weight is 267 g/mol. The van der Waals surface area contributed by atoms with Crippen LogP contribution in [0.15, 0.2) is 12.4 Å². The van der Waals surface area contributed by atoms with E-state index in [0.29, 0.717) is 0 Å². The van der Waals surface area contributed by atoms with Gasteiger partial charge in [-0.25, -0.2) is 0 Å². The molecule has 1 aromatic rings. The second-order valence-electron chi connectivity index (χ2n) is 5.21. The summed E-state index contributed by atoms with van der Waals surface area (Å²) in [6, 6.07) is 0.129. The van der Waals surface area contributed by atoms with Crippen molar-refractivity contribution in [2.75, 3.05) is 26.2 Å². The lowest BCUT2D eigenvalue weighted by Crippen LogP contribution is -2.54. The van der Waals surface area contributed by atoms with E-state index in [4.69, 9.17) is 10.6 Å². The number of aromatic nitrogens is 2. The molecule has 2 atom stereocenters. The van der Waals surface area contributed by atoms with E-state index in [1.54, 1.807) is 0 Å². The third-order valence-electron chi connectivity index (χ3n) is 3.59. The van der Waals surface area contributed by atoms with Crippen molar-refractivity contribution in [1.29, 1.82) is 0 Å². The molecule has 0 aromatic carbocycles. The number of hydrazine groups is 1. The molecule has 0 saturated carbocycles. The van der Waals surface area contributed by atoms with Crippen LogP contribution in [0.2, 0.25) is 0 Å². The minimum atomic E-state index is 0.129. The lowest BCUT2D eigenvalue weighted by atomic mass is 10.0. The Labute approximate surface area is 114 Å². The van der Waals surface area contributed by atoms with Crippen LogP contribution in [-0.4, -0.2) is 53.1 Å². The number of nitrogens with zero attached hydrogens (tertiary/aromatic N) is 3. The van der Waals surface area contributed by atoms with Gasteiger partial charge in [0, 0.05) is 26.3 Å². The zero-order valence-corrected chi connectivity index (χ0v) is 11.9. The number of morpholine rings is 1. The Morgan fingerprint density at radius 2 is 2.47 bits per heavy atom. The minimum Gasteiger partial charge on any atom is -0.374 e. The van der Waals surface area contributed by atoms with Crippen molar-refractivity contribution >= 4 is 0 Å². The molecule has 3 N–H and O–H groups in total. The fourth-order valence-electron chi connectivity index (χ4n) is 2.62. The fourth-order valence-corrected chi connectivity index (χ4v) is 2.62. The summed E-state index contributed by atoms with van der Waals surface area (Å²) in [5.74, 6) is 5.70. The predicted molar refractivity (Wildman–Crippen MR) is 74.5 cm³/mol. The van der Waals surface area contributed by atoms with Gasteiger partial charge in [0.05, 0.1) is 24.9 Å². The summed E-state index contributed by atoms with van der Waals surface area (Å²) in [7, 11) is 1.93. The van der Waals surface area contributed by atoms with Gasteiger partial charge in [-0.05, 0) is 24.9 Å². The normalized spacial score (nSPS) is 22.6. The molecule has 6 nitrogen and oxygen atoms in total. The van der Waals surface area contributed by atoms with Crippen molar-refractivity contribution in [3.05, 3.63) is 18.0 Å². The first kappa shape index (κ1) is 14.5. The highest BCUT2D eigenvalue weighted by Gasteiger charge is 2.27. The Kier molecular flexibility index (Phi) is 5.33.